The van der Waals surface area contributed by atoms with Gasteiger partial charge < -0.3 is 5.32 Å². The lowest BCUT2D eigenvalue weighted by molar-refractivity contribution is -0.115. The number of para-hydroxylation sites is 1. The summed E-state index contributed by atoms with van der Waals surface area (Å²) in [5.74, 6) is 0.0805. The highest BCUT2D eigenvalue weighted by Crippen LogP contribution is 2.29. The van der Waals surface area contributed by atoms with Gasteiger partial charge in [0.15, 0.2) is 11.0 Å². The Kier molecular flexibility index (Phi) is 6.47. The summed E-state index contributed by atoms with van der Waals surface area (Å²) in [7, 11) is 0. The molecule has 2 heterocycles. The zero-order valence-corrected chi connectivity index (χ0v) is 20.6. The van der Waals surface area contributed by atoms with Gasteiger partial charge in [0, 0.05) is 33.6 Å². The molecule has 0 radical (unpaired) electrons. The smallest absolute Gasteiger partial charge is 0.259 e. The molecule has 0 atom stereocenters. The third-order valence-corrected chi connectivity index (χ3v) is 6.73. The van der Waals surface area contributed by atoms with Gasteiger partial charge in [0.25, 0.3) is 11.8 Å². The number of carbonyl (C=O) groups excluding carboxylic acids is 3. The van der Waals surface area contributed by atoms with Crippen molar-refractivity contribution >= 4 is 51.1 Å². The Bertz CT molecular complexity index is 1450. The Labute approximate surface area is 213 Å². The van der Waals surface area contributed by atoms with Gasteiger partial charge in [-0.1, -0.05) is 58.0 Å². The van der Waals surface area contributed by atoms with Crippen molar-refractivity contribution in [3.05, 3.63) is 88.4 Å². The van der Waals surface area contributed by atoms with Gasteiger partial charge in [-0.25, -0.2) is 0 Å². The Morgan fingerprint density at radius 3 is 2.54 bits per heavy atom. The molecule has 35 heavy (non-hydrogen) atoms. The summed E-state index contributed by atoms with van der Waals surface area (Å²) in [4.78, 5) is 36.1. The van der Waals surface area contributed by atoms with E-state index >= 15 is 0 Å². The maximum Gasteiger partial charge on any atom is 0.259 e. The topological polar surface area (TPSA) is 106 Å². The van der Waals surface area contributed by atoms with E-state index in [1.165, 1.54) is 23.9 Å². The van der Waals surface area contributed by atoms with E-state index in [9.17, 15) is 14.4 Å². The molecule has 8 nitrogen and oxygen atoms in total. The fourth-order valence-electron chi connectivity index (χ4n) is 3.69. The van der Waals surface area contributed by atoms with Gasteiger partial charge in [-0.05, 0) is 42.5 Å². The predicted molar refractivity (Wildman–Crippen MR) is 137 cm³/mol. The van der Waals surface area contributed by atoms with Crippen LogP contribution in [0.3, 0.4) is 0 Å². The highest BCUT2D eigenvalue weighted by molar-refractivity contribution is 9.10. The molecule has 0 aliphatic carbocycles. The number of anilines is 1. The Morgan fingerprint density at radius 2 is 1.74 bits per heavy atom. The van der Waals surface area contributed by atoms with Crippen LogP contribution < -0.4 is 10.6 Å². The Hall–Kier alpha value is -3.76. The lowest BCUT2D eigenvalue weighted by Gasteiger charge is -2.11. The second-order valence-electron chi connectivity index (χ2n) is 7.68. The van der Waals surface area contributed by atoms with E-state index in [-0.39, 0.29) is 17.9 Å². The molecule has 3 aromatic carbocycles. The van der Waals surface area contributed by atoms with E-state index in [1.807, 2.05) is 59.2 Å². The first-order valence-electron chi connectivity index (χ1n) is 10.7. The molecule has 0 saturated heterocycles. The molecule has 1 aromatic heterocycles. The van der Waals surface area contributed by atoms with E-state index in [0.29, 0.717) is 28.0 Å². The Morgan fingerprint density at radius 1 is 0.943 bits per heavy atom. The fourth-order valence-corrected chi connectivity index (χ4v) is 4.98. The Balaban J connectivity index is 1.30. The first-order chi connectivity index (χ1) is 17.0. The molecule has 5 rings (SSSR count). The van der Waals surface area contributed by atoms with Crippen LogP contribution in [0.4, 0.5) is 5.69 Å². The average molecular weight is 548 g/mol. The van der Waals surface area contributed by atoms with Gasteiger partial charge in [0.05, 0.1) is 11.1 Å². The van der Waals surface area contributed by atoms with Crippen LogP contribution in [0.2, 0.25) is 0 Å². The molecule has 0 bridgehead atoms. The van der Waals surface area contributed by atoms with Crippen LogP contribution in [-0.4, -0.2) is 38.2 Å². The quantitative estimate of drug-likeness (QED) is 0.256. The number of hydrogen-bond acceptors (Lipinski definition) is 6. The molecule has 1 aliphatic heterocycles. The van der Waals surface area contributed by atoms with Gasteiger partial charge in [-0.15, -0.1) is 10.2 Å². The van der Waals surface area contributed by atoms with Gasteiger partial charge in [-0.3, -0.25) is 24.3 Å². The second kappa shape index (κ2) is 9.85. The standard InChI is InChI=1S/C25H18BrN5O3S/c26-16-6-4-5-15(13-16)22-29-30-25(31(22)18-7-2-1-3-8-18)35-12-11-21(32)27-17-9-10-19-20(14-17)24(34)28-23(19)33/h1-10,13-14H,11-12H2,(H,27,32)(H,28,33,34). The number of rotatable bonds is 7. The average Bonchev–Trinajstić information content (AvgIpc) is 3.40. The molecule has 2 N–H and O–H groups in total. The molecule has 0 fully saturated rings. The lowest BCUT2D eigenvalue weighted by Crippen LogP contribution is -2.19. The molecule has 0 spiro atoms. The number of hydrogen-bond donors (Lipinski definition) is 2. The van der Waals surface area contributed by atoms with Crippen molar-refractivity contribution in [3.63, 3.8) is 0 Å². The minimum Gasteiger partial charge on any atom is -0.326 e. The number of nitrogens with zero attached hydrogens (tertiary/aromatic N) is 3. The van der Waals surface area contributed by atoms with Gasteiger partial charge in [-0.2, -0.15) is 0 Å². The zero-order valence-electron chi connectivity index (χ0n) is 18.2. The largest absolute Gasteiger partial charge is 0.326 e. The maximum atomic E-state index is 12.5. The zero-order chi connectivity index (χ0) is 24.4. The van der Waals surface area contributed by atoms with E-state index in [1.54, 1.807) is 6.07 Å². The minimum atomic E-state index is -0.460. The number of fused-ring (bicyclic) bond motifs is 1. The lowest BCUT2D eigenvalue weighted by atomic mass is 10.1. The molecule has 10 heteroatoms. The maximum absolute atomic E-state index is 12.5. The van der Waals surface area contributed by atoms with Crippen LogP contribution in [0.5, 0.6) is 0 Å². The van der Waals surface area contributed by atoms with Crippen LogP contribution >= 0.6 is 27.7 Å². The second-order valence-corrected chi connectivity index (χ2v) is 9.66. The number of halogens is 1. The number of nitrogens with one attached hydrogen (secondary N) is 2. The van der Waals surface area contributed by atoms with Gasteiger partial charge in [0.2, 0.25) is 5.91 Å². The number of amides is 3. The third kappa shape index (κ3) is 4.89. The van der Waals surface area contributed by atoms with Crippen molar-refractivity contribution in [2.45, 2.75) is 11.6 Å². The molecule has 3 amide bonds. The first-order valence-corrected chi connectivity index (χ1v) is 12.5. The fraction of sp³-hybridized carbons (Fsp3) is 0.0800. The summed E-state index contributed by atoms with van der Waals surface area (Å²) >= 11 is 4.94. The van der Waals surface area contributed by atoms with Crippen molar-refractivity contribution in [1.82, 2.24) is 20.1 Å². The van der Waals surface area contributed by atoms with E-state index in [4.69, 9.17) is 0 Å². The van der Waals surface area contributed by atoms with Gasteiger partial charge in [0.1, 0.15) is 0 Å². The highest BCUT2D eigenvalue weighted by Gasteiger charge is 2.26. The van der Waals surface area contributed by atoms with Crippen molar-refractivity contribution in [1.29, 1.82) is 0 Å². The number of carbonyl (C=O) groups is 3. The minimum absolute atomic E-state index is 0.208. The first kappa shape index (κ1) is 23.0. The number of imide groups is 1. The van der Waals surface area contributed by atoms with Crippen LogP contribution in [0.15, 0.2) is 82.4 Å². The van der Waals surface area contributed by atoms with Crippen molar-refractivity contribution in [2.24, 2.45) is 0 Å². The molecule has 174 valence electrons. The monoisotopic (exact) mass is 547 g/mol. The molecule has 4 aromatic rings. The van der Waals surface area contributed by atoms with Crippen molar-refractivity contribution in [2.75, 3.05) is 11.1 Å². The third-order valence-electron chi connectivity index (χ3n) is 5.31. The number of benzene rings is 3. The van der Waals surface area contributed by atoms with Crippen LogP contribution in [0.25, 0.3) is 17.1 Å². The normalized spacial score (nSPS) is 12.4. The molecule has 0 unspecified atom stereocenters. The molecule has 0 saturated carbocycles. The van der Waals surface area contributed by atoms with Crippen molar-refractivity contribution < 1.29 is 14.4 Å². The summed E-state index contributed by atoms with van der Waals surface area (Å²) in [5, 5.41) is 14.5. The summed E-state index contributed by atoms with van der Waals surface area (Å²) in [6.45, 7) is 0. The van der Waals surface area contributed by atoms with Gasteiger partial charge >= 0.3 is 0 Å². The number of aromatic nitrogens is 3. The van der Waals surface area contributed by atoms with Crippen molar-refractivity contribution in [3.8, 4) is 17.1 Å². The predicted octanol–water partition coefficient (Wildman–Crippen LogP) is 4.70. The van der Waals surface area contributed by atoms with Crippen LogP contribution in [0, 0.1) is 0 Å². The van der Waals surface area contributed by atoms with E-state index in [0.717, 1.165) is 15.7 Å². The summed E-state index contributed by atoms with van der Waals surface area (Å²) in [5.41, 5.74) is 2.88. The SMILES string of the molecule is O=C(CCSc1nnc(-c2cccc(Br)c2)n1-c1ccccc1)Nc1ccc2c(c1)C(=O)NC2=O. The molecule has 1 aliphatic rings. The van der Waals surface area contributed by atoms with E-state index in [2.05, 4.69) is 36.8 Å². The number of thioether (sulfide) groups is 1. The summed E-state index contributed by atoms with van der Waals surface area (Å²) in [6, 6.07) is 22.3. The van der Waals surface area contributed by atoms with Crippen LogP contribution in [0.1, 0.15) is 27.1 Å². The van der Waals surface area contributed by atoms with Crippen LogP contribution in [-0.2, 0) is 4.79 Å². The molecular formula is C25H18BrN5O3S. The highest BCUT2D eigenvalue weighted by atomic mass is 79.9. The summed E-state index contributed by atoms with van der Waals surface area (Å²) < 4.78 is 2.91. The van der Waals surface area contributed by atoms with E-state index < -0.39 is 11.8 Å². The molecular weight excluding hydrogens is 530 g/mol. The summed E-state index contributed by atoms with van der Waals surface area (Å²) in [6.07, 6.45) is 0.223.